The molecule has 38 heavy (non-hydrogen) atoms. The Hall–Kier alpha value is -2.90. The van der Waals surface area contributed by atoms with Crippen LogP contribution in [0.1, 0.15) is 22.0 Å². The van der Waals surface area contributed by atoms with Gasteiger partial charge in [-0.15, -0.1) is 11.3 Å². The summed E-state index contributed by atoms with van der Waals surface area (Å²) < 4.78 is 41.5. The smallest absolute Gasteiger partial charge is 0.289 e. The van der Waals surface area contributed by atoms with Crippen molar-refractivity contribution in [3.8, 4) is 0 Å². The summed E-state index contributed by atoms with van der Waals surface area (Å²) in [6.07, 6.45) is 0.797. The van der Waals surface area contributed by atoms with Crippen LogP contribution in [0.5, 0.6) is 0 Å². The lowest BCUT2D eigenvalue weighted by Crippen LogP contribution is -2.53. The molecule has 0 saturated carbocycles. The summed E-state index contributed by atoms with van der Waals surface area (Å²) in [6, 6.07) is 11.6. The van der Waals surface area contributed by atoms with Crippen LogP contribution in [0.4, 0.5) is 10.1 Å². The lowest BCUT2D eigenvalue weighted by molar-refractivity contribution is -0.384. The molecule has 5 rings (SSSR count). The molecule has 0 N–H and O–H groups in total. The van der Waals surface area contributed by atoms with E-state index >= 15 is 0 Å². The summed E-state index contributed by atoms with van der Waals surface area (Å²) in [4.78, 5) is 28.4. The number of benzene rings is 2. The predicted octanol–water partition coefficient (Wildman–Crippen LogP) is 3.93. The monoisotopic (exact) mass is 578 g/mol. The fourth-order valence-electron chi connectivity index (χ4n) is 5.00. The van der Waals surface area contributed by atoms with Gasteiger partial charge in [-0.2, -0.15) is 4.31 Å². The number of rotatable bonds is 6. The van der Waals surface area contributed by atoms with Gasteiger partial charge in [0.25, 0.3) is 5.69 Å². The van der Waals surface area contributed by atoms with E-state index in [0.29, 0.717) is 6.54 Å². The topological polar surface area (TPSA) is 104 Å². The molecule has 0 bridgehead atoms. The minimum absolute atomic E-state index is 0.0620. The first-order valence-corrected chi connectivity index (χ1v) is 14.6. The van der Waals surface area contributed by atoms with Crippen LogP contribution < -0.4 is 0 Å². The SMILES string of the molecule is O=C(CN1CCc2sccc2[C@@H]1c1cccc(F)c1)N1CCN(S(=O)(=O)c2ccc(Cl)c([N+](=O)[O-])c2)CC1. The number of thiophene rings is 1. The molecule has 3 heterocycles. The van der Waals surface area contributed by atoms with Gasteiger partial charge in [0, 0.05) is 43.7 Å². The number of hydrogen-bond donors (Lipinski definition) is 0. The van der Waals surface area contributed by atoms with Gasteiger partial charge in [-0.05, 0) is 53.3 Å². The first-order valence-electron chi connectivity index (χ1n) is 11.9. The molecule has 2 aliphatic heterocycles. The number of fused-ring (bicyclic) bond motifs is 1. The van der Waals surface area contributed by atoms with Gasteiger partial charge in [0.05, 0.1) is 22.4 Å². The van der Waals surface area contributed by atoms with Gasteiger partial charge in [0.1, 0.15) is 10.8 Å². The van der Waals surface area contributed by atoms with Crippen LogP contribution in [0.2, 0.25) is 5.02 Å². The second-order valence-corrected chi connectivity index (χ2v) is 12.5. The highest BCUT2D eigenvalue weighted by Crippen LogP contribution is 2.38. The Morgan fingerprint density at radius 3 is 2.58 bits per heavy atom. The molecule has 0 radical (unpaired) electrons. The summed E-state index contributed by atoms with van der Waals surface area (Å²) in [5, 5.41) is 13.1. The highest BCUT2D eigenvalue weighted by molar-refractivity contribution is 7.89. The number of sulfonamides is 1. The van der Waals surface area contributed by atoms with E-state index in [2.05, 4.69) is 0 Å². The molecule has 0 spiro atoms. The molecule has 1 saturated heterocycles. The minimum Gasteiger partial charge on any atom is -0.339 e. The third kappa shape index (κ3) is 5.19. The average Bonchev–Trinajstić information content (AvgIpc) is 3.37. The molecule has 1 amide bonds. The first-order chi connectivity index (χ1) is 18.1. The highest BCUT2D eigenvalue weighted by atomic mass is 35.5. The molecule has 1 fully saturated rings. The van der Waals surface area contributed by atoms with Crippen LogP contribution in [0.25, 0.3) is 0 Å². The zero-order valence-electron chi connectivity index (χ0n) is 20.1. The molecular weight excluding hydrogens is 555 g/mol. The quantitative estimate of drug-likeness (QED) is 0.324. The second-order valence-electron chi connectivity index (χ2n) is 9.13. The fraction of sp³-hybridized carbons (Fsp3) is 0.320. The van der Waals surface area contributed by atoms with Crippen LogP contribution in [-0.2, 0) is 21.2 Å². The van der Waals surface area contributed by atoms with Gasteiger partial charge in [-0.3, -0.25) is 19.8 Å². The maximum Gasteiger partial charge on any atom is 0.289 e. The highest BCUT2D eigenvalue weighted by Gasteiger charge is 2.35. The summed E-state index contributed by atoms with van der Waals surface area (Å²) in [7, 11) is -4.00. The van der Waals surface area contributed by atoms with E-state index < -0.39 is 20.6 Å². The van der Waals surface area contributed by atoms with Crippen LogP contribution in [0.15, 0.2) is 58.8 Å². The van der Waals surface area contributed by atoms with Crippen molar-refractivity contribution in [2.45, 2.75) is 17.4 Å². The van der Waals surface area contributed by atoms with Gasteiger partial charge in [-0.1, -0.05) is 23.7 Å². The molecule has 1 atom stereocenters. The third-order valence-electron chi connectivity index (χ3n) is 6.91. The molecule has 200 valence electrons. The molecular formula is C25H24ClFN4O5S2. The van der Waals surface area contributed by atoms with E-state index in [1.165, 1.54) is 33.4 Å². The number of nitro benzene ring substituents is 1. The van der Waals surface area contributed by atoms with Gasteiger partial charge in [0.2, 0.25) is 15.9 Å². The number of nitro groups is 1. The lowest BCUT2D eigenvalue weighted by Gasteiger charge is -2.39. The van der Waals surface area contributed by atoms with E-state index in [4.69, 9.17) is 11.6 Å². The van der Waals surface area contributed by atoms with E-state index in [1.54, 1.807) is 22.3 Å². The number of amides is 1. The molecule has 13 heteroatoms. The van der Waals surface area contributed by atoms with Crippen LogP contribution in [0, 0.1) is 15.9 Å². The zero-order chi connectivity index (χ0) is 27.0. The Morgan fingerprint density at radius 1 is 1.11 bits per heavy atom. The molecule has 2 aliphatic rings. The van der Waals surface area contributed by atoms with E-state index in [-0.39, 0.29) is 60.4 Å². The standard InChI is InChI=1S/C25H24ClFN4O5S2/c26-21-5-4-19(15-22(21)31(33)34)38(35,36)30-11-9-28(10-12-30)24(32)16-29-8-6-23-20(7-13-37-23)25(29)17-2-1-3-18(27)14-17/h1-5,7,13-15,25H,6,8-12,16H2/t25-/m0/s1. The van der Waals surface area contributed by atoms with Crippen molar-refractivity contribution in [1.29, 1.82) is 0 Å². The Labute approximate surface area is 228 Å². The molecule has 0 aliphatic carbocycles. The number of hydrogen-bond acceptors (Lipinski definition) is 7. The maximum absolute atomic E-state index is 14.1. The molecule has 3 aromatic rings. The van der Waals surface area contributed by atoms with Gasteiger partial charge in [0.15, 0.2) is 0 Å². The zero-order valence-corrected chi connectivity index (χ0v) is 22.5. The number of piperazine rings is 1. The molecule has 9 nitrogen and oxygen atoms in total. The molecule has 0 unspecified atom stereocenters. The van der Waals surface area contributed by atoms with Crippen molar-refractivity contribution in [1.82, 2.24) is 14.1 Å². The third-order valence-corrected chi connectivity index (χ3v) is 10.1. The Balaban J connectivity index is 1.28. The predicted molar refractivity (Wildman–Crippen MR) is 141 cm³/mol. The van der Waals surface area contributed by atoms with Gasteiger partial charge >= 0.3 is 0 Å². The van der Waals surface area contributed by atoms with Crippen molar-refractivity contribution in [3.63, 3.8) is 0 Å². The summed E-state index contributed by atoms with van der Waals surface area (Å²) in [5.41, 5.74) is 1.38. The fourth-order valence-corrected chi connectivity index (χ4v) is 7.53. The minimum atomic E-state index is -4.00. The van der Waals surface area contributed by atoms with Crippen molar-refractivity contribution in [2.75, 3.05) is 39.3 Å². The number of halogens is 2. The largest absolute Gasteiger partial charge is 0.339 e. The maximum atomic E-state index is 14.1. The van der Waals surface area contributed by atoms with Crippen LogP contribution in [-0.4, -0.2) is 72.6 Å². The van der Waals surface area contributed by atoms with Crippen molar-refractivity contribution in [3.05, 3.63) is 90.9 Å². The van der Waals surface area contributed by atoms with Crippen LogP contribution in [0.3, 0.4) is 0 Å². The Bertz CT molecular complexity index is 1490. The van der Waals surface area contributed by atoms with Gasteiger partial charge in [-0.25, -0.2) is 12.8 Å². The number of carbonyl (C=O) groups excluding carboxylic acids is 1. The van der Waals surface area contributed by atoms with E-state index in [0.717, 1.165) is 23.6 Å². The first kappa shape index (κ1) is 26.7. The number of nitrogens with zero attached hydrogens (tertiary/aromatic N) is 4. The summed E-state index contributed by atoms with van der Waals surface area (Å²) >= 11 is 7.48. The summed E-state index contributed by atoms with van der Waals surface area (Å²) in [5.74, 6) is -0.469. The molecule has 1 aromatic heterocycles. The summed E-state index contributed by atoms with van der Waals surface area (Å²) in [6.45, 7) is 1.27. The van der Waals surface area contributed by atoms with E-state index in [9.17, 15) is 27.7 Å². The van der Waals surface area contributed by atoms with Crippen molar-refractivity contribution in [2.24, 2.45) is 0 Å². The van der Waals surface area contributed by atoms with Crippen LogP contribution >= 0.6 is 22.9 Å². The van der Waals surface area contributed by atoms with Crippen molar-refractivity contribution < 1.29 is 22.5 Å². The Kier molecular flexibility index (Phi) is 7.51. The van der Waals surface area contributed by atoms with Gasteiger partial charge < -0.3 is 4.90 Å². The van der Waals surface area contributed by atoms with E-state index in [1.807, 2.05) is 22.4 Å². The normalized spacial score (nSPS) is 18.8. The molecule has 2 aromatic carbocycles. The number of carbonyl (C=O) groups is 1. The lowest BCUT2D eigenvalue weighted by atomic mass is 9.93. The average molecular weight is 579 g/mol. The Morgan fingerprint density at radius 2 is 1.87 bits per heavy atom. The second kappa shape index (κ2) is 10.7. The van der Waals surface area contributed by atoms with Crippen molar-refractivity contribution >= 4 is 44.6 Å².